The number of hydrogen-bond acceptors (Lipinski definition) is 6. The molecule has 4 N–H and O–H groups in total. The third-order valence-electron chi connectivity index (χ3n) is 8.68. The molecule has 1 saturated carbocycles. The lowest BCUT2D eigenvalue weighted by molar-refractivity contribution is -0.146. The summed E-state index contributed by atoms with van der Waals surface area (Å²) in [5, 5.41) is 18.0. The van der Waals surface area contributed by atoms with Gasteiger partial charge in [0.05, 0.1) is 6.04 Å². The van der Waals surface area contributed by atoms with Gasteiger partial charge < -0.3 is 26.0 Å². The molecule has 0 radical (unpaired) electrons. The van der Waals surface area contributed by atoms with E-state index in [0.29, 0.717) is 31.5 Å². The Morgan fingerprint density at radius 1 is 1.14 bits per heavy atom. The fourth-order valence-corrected chi connectivity index (χ4v) is 6.78. The van der Waals surface area contributed by atoms with E-state index in [2.05, 4.69) is 16.0 Å². The van der Waals surface area contributed by atoms with Crippen molar-refractivity contribution < 1.29 is 29.1 Å². The molecule has 4 amide bonds. The first-order valence-electron chi connectivity index (χ1n) is 13.2. The number of likely N-dealkylation sites (tertiary alicyclic amines) is 1. The van der Waals surface area contributed by atoms with Gasteiger partial charge in [-0.25, -0.2) is 0 Å². The molecule has 10 nitrogen and oxygen atoms in total. The van der Waals surface area contributed by atoms with E-state index < -0.39 is 41.8 Å². The minimum absolute atomic E-state index is 0.0477. The molecule has 3 heterocycles. The summed E-state index contributed by atoms with van der Waals surface area (Å²) in [4.78, 5) is 66.6. The fourth-order valence-electron chi connectivity index (χ4n) is 6.78. The number of fused-ring (bicyclic) bond motifs is 1. The Kier molecular flexibility index (Phi) is 7.02. The number of benzene rings is 1. The number of aliphatic hydroxyl groups is 1. The van der Waals surface area contributed by atoms with Gasteiger partial charge in [0, 0.05) is 25.4 Å². The Balaban J connectivity index is 1.42. The van der Waals surface area contributed by atoms with Crippen molar-refractivity contribution in [2.75, 3.05) is 19.7 Å². The van der Waals surface area contributed by atoms with Crippen molar-refractivity contribution in [3.63, 3.8) is 0 Å². The fraction of sp³-hybridized carbons (Fsp3) is 0.593. The van der Waals surface area contributed by atoms with Gasteiger partial charge >= 0.3 is 0 Å². The minimum atomic E-state index is -1.24. The van der Waals surface area contributed by atoms with Gasteiger partial charge in [-0.15, -0.1) is 0 Å². The van der Waals surface area contributed by atoms with Crippen LogP contribution in [0, 0.1) is 17.8 Å². The van der Waals surface area contributed by atoms with Crippen molar-refractivity contribution in [3.8, 4) is 0 Å². The third kappa shape index (κ3) is 4.63. The molecule has 4 aliphatic rings. The van der Waals surface area contributed by atoms with Crippen LogP contribution in [0.2, 0.25) is 0 Å². The maximum absolute atomic E-state index is 14.2. The van der Waals surface area contributed by atoms with Crippen LogP contribution in [-0.2, 0) is 29.5 Å². The average Bonchev–Trinajstić information content (AvgIpc) is 3.68. The van der Waals surface area contributed by atoms with Gasteiger partial charge in [0.15, 0.2) is 5.78 Å². The topological polar surface area (TPSA) is 145 Å². The maximum Gasteiger partial charge on any atom is 0.253 e. The monoisotopic (exact) mass is 510 g/mol. The van der Waals surface area contributed by atoms with Crippen LogP contribution in [0.5, 0.6) is 0 Å². The predicted octanol–water partition coefficient (Wildman–Crippen LogP) is -0.00860. The molecule has 0 unspecified atom stereocenters. The first-order chi connectivity index (χ1) is 17.8. The van der Waals surface area contributed by atoms with Crippen molar-refractivity contribution in [3.05, 3.63) is 35.9 Å². The molecule has 5 rings (SSSR count). The number of Topliss-reactive ketones (excluding diaryl/α,β-unsaturated/α-hetero) is 1. The molecule has 10 heteroatoms. The summed E-state index contributed by atoms with van der Waals surface area (Å²) in [6, 6.07) is 7.32. The van der Waals surface area contributed by atoms with Gasteiger partial charge in [-0.1, -0.05) is 36.8 Å². The molecular weight excluding hydrogens is 476 g/mol. The Morgan fingerprint density at radius 2 is 1.92 bits per heavy atom. The largest absolute Gasteiger partial charge is 0.389 e. The van der Waals surface area contributed by atoms with E-state index >= 15 is 0 Å². The summed E-state index contributed by atoms with van der Waals surface area (Å²) in [5.41, 5.74) is -0.555. The van der Waals surface area contributed by atoms with Crippen molar-refractivity contribution in [1.82, 2.24) is 20.9 Å². The second-order valence-electron chi connectivity index (χ2n) is 10.8. The molecule has 1 aliphatic carbocycles. The number of amides is 4. The van der Waals surface area contributed by atoms with Crippen LogP contribution in [0.4, 0.5) is 0 Å². The minimum Gasteiger partial charge on any atom is -0.389 e. The molecule has 3 saturated heterocycles. The van der Waals surface area contributed by atoms with E-state index in [-0.39, 0.29) is 42.4 Å². The number of ketones is 1. The van der Waals surface area contributed by atoms with Crippen LogP contribution in [0.1, 0.15) is 50.5 Å². The van der Waals surface area contributed by atoms with Crippen molar-refractivity contribution >= 4 is 29.4 Å². The Hall–Kier alpha value is -3.27. The Labute approximate surface area is 215 Å². The first kappa shape index (κ1) is 25.4. The summed E-state index contributed by atoms with van der Waals surface area (Å²) in [6.07, 6.45) is 3.84. The third-order valence-corrected chi connectivity index (χ3v) is 8.68. The lowest BCUT2D eigenvalue weighted by atomic mass is 9.86. The molecule has 0 bridgehead atoms. The summed E-state index contributed by atoms with van der Waals surface area (Å²) in [7, 11) is 0. The van der Waals surface area contributed by atoms with Crippen LogP contribution in [0.15, 0.2) is 30.3 Å². The number of rotatable bonds is 8. The predicted molar refractivity (Wildman–Crippen MR) is 132 cm³/mol. The quantitative estimate of drug-likeness (QED) is 0.387. The average molecular weight is 511 g/mol. The molecule has 3 aliphatic heterocycles. The first-order valence-corrected chi connectivity index (χ1v) is 13.2. The molecule has 198 valence electrons. The maximum atomic E-state index is 14.2. The molecule has 1 aromatic carbocycles. The zero-order valence-electron chi connectivity index (χ0n) is 20.8. The highest BCUT2D eigenvalue weighted by atomic mass is 16.3. The second-order valence-corrected chi connectivity index (χ2v) is 10.8. The number of carbonyl (C=O) groups is 5. The zero-order valence-corrected chi connectivity index (χ0v) is 20.8. The van der Waals surface area contributed by atoms with Crippen molar-refractivity contribution in [2.24, 2.45) is 17.8 Å². The van der Waals surface area contributed by atoms with Gasteiger partial charge in [-0.3, -0.25) is 24.0 Å². The van der Waals surface area contributed by atoms with Gasteiger partial charge in [-0.05, 0) is 49.5 Å². The van der Waals surface area contributed by atoms with E-state index in [0.717, 1.165) is 19.3 Å². The number of aliphatic hydroxyl groups excluding tert-OH is 1. The van der Waals surface area contributed by atoms with Gasteiger partial charge in [0.25, 0.3) is 5.91 Å². The summed E-state index contributed by atoms with van der Waals surface area (Å²) < 4.78 is 0. The van der Waals surface area contributed by atoms with E-state index in [4.69, 9.17) is 0 Å². The van der Waals surface area contributed by atoms with E-state index in [9.17, 15) is 29.1 Å². The number of hydrogen-bond donors (Lipinski definition) is 4. The smallest absolute Gasteiger partial charge is 0.253 e. The number of nitrogens with zero attached hydrogens (tertiary/aromatic N) is 1. The van der Waals surface area contributed by atoms with Gasteiger partial charge in [0.1, 0.15) is 18.2 Å². The zero-order chi connectivity index (χ0) is 26.2. The molecule has 37 heavy (non-hydrogen) atoms. The van der Waals surface area contributed by atoms with Crippen molar-refractivity contribution in [2.45, 2.75) is 62.6 Å². The second kappa shape index (κ2) is 10.2. The van der Waals surface area contributed by atoms with E-state index in [1.54, 1.807) is 4.90 Å². The highest BCUT2D eigenvalue weighted by Gasteiger charge is 2.56. The van der Waals surface area contributed by atoms with Crippen LogP contribution in [-0.4, -0.2) is 71.2 Å². The Morgan fingerprint density at radius 3 is 2.57 bits per heavy atom. The normalized spacial score (nSPS) is 31.5. The summed E-state index contributed by atoms with van der Waals surface area (Å²) >= 11 is 0. The van der Waals surface area contributed by atoms with E-state index in [1.165, 1.54) is 0 Å². The standard InChI is InChI=1S/C27H34N4O6/c32-15-21(33)20(13-16-10-12-28-24(16)35)29-25(36)23-19-8-4-5-17(19)14-31(23)26(37)27(11-9-22(34)30-27)18-6-2-1-3-7-18/h1-3,6-7,16-17,19-20,23,32H,4-5,8-15H2,(H,28,35)(H,29,36)(H,30,34)/t16-,17+,19+,20+,23-,27+/m0/s1. The number of carbonyl (C=O) groups excluding carboxylic acids is 5. The van der Waals surface area contributed by atoms with Crippen LogP contribution < -0.4 is 16.0 Å². The van der Waals surface area contributed by atoms with Crippen molar-refractivity contribution in [1.29, 1.82) is 0 Å². The Bertz CT molecular complexity index is 1090. The van der Waals surface area contributed by atoms with Crippen LogP contribution >= 0.6 is 0 Å². The number of nitrogens with one attached hydrogen (secondary N) is 3. The lowest BCUT2D eigenvalue weighted by Gasteiger charge is -2.36. The molecular formula is C27H34N4O6. The molecule has 0 spiro atoms. The molecule has 0 aromatic heterocycles. The summed E-state index contributed by atoms with van der Waals surface area (Å²) in [6.45, 7) is 0.177. The highest BCUT2D eigenvalue weighted by Crippen LogP contribution is 2.45. The SMILES string of the molecule is O=C1CC[C@](C(=O)N2C[C@H]3CCC[C@H]3[C@H]2C(=O)N[C@H](C[C@@H]2CCNC2=O)C(=O)CO)(c2ccccc2)N1. The molecule has 4 fully saturated rings. The van der Waals surface area contributed by atoms with Crippen LogP contribution in [0.3, 0.4) is 0 Å². The lowest BCUT2D eigenvalue weighted by Crippen LogP contribution is -2.59. The molecule has 6 atom stereocenters. The summed E-state index contributed by atoms with van der Waals surface area (Å²) in [5.74, 6) is -1.99. The van der Waals surface area contributed by atoms with E-state index in [1.807, 2.05) is 30.3 Å². The van der Waals surface area contributed by atoms with Crippen LogP contribution in [0.25, 0.3) is 0 Å². The highest BCUT2D eigenvalue weighted by molar-refractivity contribution is 5.99. The van der Waals surface area contributed by atoms with Gasteiger partial charge in [0.2, 0.25) is 17.7 Å². The van der Waals surface area contributed by atoms with Gasteiger partial charge in [-0.2, -0.15) is 0 Å². The molecule has 1 aromatic rings.